The molecule has 2 heterocycles. The van der Waals surface area contributed by atoms with Gasteiger partial charge < -0.3 is 20.3 Å². The van der Waals surface area contributed by atoms with Crippen LogP contribution in [-0.2, 0) is 9.53 Å². The molecule has 1 spiro atoms. The zero-order valence-corrected chi connectivity index (χ0v) is 19.8. The van der Waals surface area contributed by atoms with Crippen molar-refractivity contribution in [2.24, 2.45) is 11.3 Å². The van der Waals surface area contributed by atoms with Crippen molar-refractivity contribution >= 4 is 22.6 Å². The van der Waals surface area contributed by atoms with E-state index in [0.717, 1.165) is 42.8 Å². The van der Waals surface area contributed by atoms with Gasteiger partial charge in [0.05, 0.1) is 17.0 Å². The Balaban J connectivity index is 1.42. The Kier molecular flexibility index (Phi) is 5.59. The summed E-state index contributed by atoms with van der Waals surface area (Å²) in [7, 11) is 0. The van der Waals surface area contributed by atoms with E-state index in [9.17, 15) is 23.8 Å². The van der Waals surface area contributed by atoms with Crippen LogP contribution in [0.4, 0.5) is 14.6 Å². The van der Waals surface area contributed by atoms with Gasteiger partial charge in [-0.15, -0.1) is 0 Å². The molecule has 6 nitrogen and oxygen atoms in total. The molecular weight excluding hydrogens is 466 g/mol. The maximum atomic E-state index is 14.3. The second-order valence-electron chi connectivity index (χ2n) is 10.6. The Morgan fingerprint density at radius 2 is 1.81 bits per heavy atom. The zero-order chi connectivity index (χ0) is 25.0. The molecule has 188 valence electrons. The van der Waals surface area contributed by atoms with Gasteiger partial charge in [-0.05, 0) is 73.1 Å². The number of nitrogens with one attached hydrogen (secondary N) is 1. The predicted octanol–water partition coefficient (Wildman–Crippen LogP) is 5.83. The fourth-order valence-electron chi connectivity index (χ4n) is 6.47. The van der Waals surface area contributed by atoms with Crippen LogP contribution in [0.2, 0.25) is 0 Å². The number of phenols is 1. The van der Waals surface area contributed by atoms with Crippen LogP contribution in [-0.4, -0.2) is 40.4 Å². The highest BCUT2D eigenvalue weighted by molar-refractivity contribution is 6.06. The quantitative estimate of drug-likeness (QED) is 0.413. The molecule has 1 saturated heterocycles. The molecule has 0 bridgehead atoms. The molecule has 1 aliphatic heterocycles. The molecule has 0 amide bonds. The number of pyridine rings is 1. The van der Waals surface area contributed by atoms with Gasteiger partial charge in [0.25, 0.3) is 0 Å². The number of aromatic nitrogens is 1. The first-order valence-electron chi connectivity index (χ1n) is 12.5. The summed E-state index contributed by atoms with van der Waals surface area (Å²) in [5, 5.41) is 24.9. The molecular formula is C28H28F2N2O4. The largest absolute Gasteiger partial charge is 0.507 e. The van der Waals surface area contributed by atoms with Crippen LogP contribution >= 0.6 is 0 Å². The number of nitrogens with zero attached hydrogens (tertiary/aromatic N) is 1. The van der Waals surface area contributed by atoms with Gasteiger partial charge in [-0.1, -0.05) is 18.2 Å². The Morgan fingerprint density at radius 3 is 2.50 bits per heavy atom. The molecule has 2 aliphatic carbocycles. The summed E-state index contributed by atoms with van der Waals surface area (Å²) < 4.78 is 33.6. The van der Waals surface area contributed by atoms with Gasteiger partial charge in [-0.2, -0.15) is 0 Å². The van der Waals surface area contributed by atoms with Crippen molar-refractivity contribution in [3.63, 3.8) is 0 Å². The van der Waals surface area contributed by atoms with Crippen LogP contribution in [0.25, 0.3) is 21.9 Å². The second-order valence-corrected chi connectivity index (χ2v) is 10.6. The third-order valence-electron chi connectivity index (χ3n) is 8.26. The van der Waals surface area contributed by atoms with Crippen molar-refractivity contribution in [1.82, 2.24) is 4.98 Å². The molecule has 3 aromatic rings. The number of hydrogen-bond donors (Lipinski definition) is 3. The number of carboxylic acids is 1. The smallest absolute Gasteiger partial charge is 0.306 e. The average Bonchev–Trinajstić information content (AvgIpc) is 2.81. The number of halogens is 2. The third kappa shape index (κ3) is 3.88. The maximum Gasteiger partial charge on any atom is 0.306 e. The van der Waals surface area contributed by atoms with E-state index in [1.165, 1.54) is 6.07 Å². The minimum absolute atomic E-state index is 0.0634. The maximum absolute atomic E-state index is 14.3. The Morgan fingerprint density at radius 1 is 1.06 bits per heavy atom. The lowest BCUT2D eigenvalue weighted by molar-refractivity contribution is -0.154. The number of carbonyl (C=O) groups is 1. The number of benzene rings is 2. The zero-order valence-electron chi connectivity index (χ0n) is 19.8. The number of rotatable bonds is 5. The summed E-state index contributed by atoms with van der Waals surface area (Å²) in [4.78, 5) is 16.3. The third-order valence-corrected chi connectivity index (χ3v) is 8.26. The van der Waals surface area contributed by atoms with Crippen molar-refractivity contribution in [2.45, 2.75) is 50.5 Å². The normalized spacial score (nSPS) is 25.9. The molecule has 3 fully saturated rings. The SMILES string of the molecule is O=C(O)C1CC2(CC(Nc3nc(C4CCOCC4)c(-c4ccc(F)c(F)c4)c4cccc(O)c34)C2)C1. The molecule has 1 aromatic heterocycles. The number of phenolic OH excluding ortho intramolecular Hbond substituents is 1. The van der Waals surface area contributed by atoms with E-state index >= 15 is 0 Å². The first kappa shape index (κ1) is 23.2. The van der Waals surface area contributed by atoms with Gasteiger partial charge in [0, 0.05) is 30.7 Å². The molecule has 0 radical (unpaired) electrons. The number of aliphatic carboxylic acids is 1. The van der Waals surface area contributed by atoms with E-state index in [0.29, 0.717) is 48.4 Å². The number of hydrogen-bond acceptors (Lipinski definition) is 5. The lowest BCUT2D eigenvalue weighted by Crippen LogP contribution is -2.54. The van der Waals surface area contributed by atoms with Crippen molar-refractivity contribution in [3.05, 3.63) is 53.7 Å². The monoisotopic (exact) mass is 494 g/mol. The van der Waals surface area contributed by atoms with Crippen LogP contribution in [0, 0.1) is 23.0 Å². The Labute approximate surface area is 207 Å². The number of anilines is 1. The fourth-order valence-corrected chi connectivity index (χ4v) is 6.47. The summed E-state index contributed by atoms with van der Waals surface area (Å²) in [5.41, 5.74) is 2.09. The first-order valence-corrected chi connectivity index (χ1v) is 12.5. The molecule has 3 N–H and O–H groups in total. The van der Waals surface area contributed by atoms with Gasteiger partial charge in [-0.25, -0.2) is 13.8 Å². The Bertz CT molecular complexity index is 1340. The van der Waals surface area contributed by atoms with Crippen molar-refractivity contribution < 1.29 is 28.5 Å². The summed E-state index contributed by atoms with van der Waals surface area (Å²) >= 11 is 0. The molecule has 2 aromatic carbocycles. The van der Waals surface area contributed by atoms with E-state index in [1.54, 1.807) is 18.2 Å². The molecule has 6 rings (SSSR count). The van der Waals surface area contributed by atoms with Crippen LogP contribution in [0.5, 0.6) is 5.75 Å². The van der Waals surface area contributed by atoms with Gasteiger partial charge in [-0.3, -0.25) is 4.79 Å². The molecule has 0 unspecified atom stereocenters. The summed E-state index contributed by atoms with van der Waals surface area (Å²) in [6, 6.07) is 9.23. The number of carboxylic acid groups (broad SMARTS) is 1. The van der Waals surface area contributed by atoms with Crippen LogP contribution in [0.1, 0.15) is 50.1 Å². The highest BCUT2D eigenvalue weighted by Crippen LogP contribution is 2.59. The lowest BCUT2D eigenvalue weighted by Gasteiger charge is -2.56. The average molecular weight is 495 g/mol. The topological polar surface area (TPSA) is 91.7 Å². The van der Waals surface area contributed by atoms with Gasteiger partial charge in [0.2, 0.25) is 0 Å². The van der Waals surface area contributed by atoms with Crippen molar-refractivity contribution in [3.8, 4) is 16.9 Å². The highest BCUT2D eigenvalue weighted by atomic mass is 19.2. The van der Waals surface area contributed by atoms with Gasteiger partial charge >= 0.3 is 5.97 Å². The highest BCUT2D eigenvalue weighted by Gasteiger charge is 2.55. The number of fused-ring (bicyclic) bond motifs is 1. The molecule has 8 heteroatoms. The second kappa shape index (κ2) is 8.69. The van der Waals surface area contributed by atoms with Crippen molar-refractivity contribution in [1.29, 1.82) is 0 Å². The minimum atomic E-state index is -0.930. The summed E-state index contributed by atoms with van der Waals surface area (Å²) in [6.45, 7) is 1.20. The number of aromatic hydroxyl groups is 1. The van der Waals surface area contributed by atoms with E-state index in [1.807, 2.05) is 6.07 Å². The van der Waals surface area contributed by atoms with E-state index in [-0.39, 0.29) is 29.0 Å². The lowest BCUT2D eigenvalue weighted by atomic mass is 9.50. The fraction of sp³-hybridized carbons (Fsp3) is 0.429. The van der Waals surface area contributed by atoms with E-state index in [2.05, 4.69) is 5.32 Å². The standard InChI is InChI=1S/C28H28F2N2O4/c29-20-5-4-16(10-21(20)30)23-19-2-1-3-22(33)24(19)26(32-25(23)15-6-8-36-9-7-15)31-18-13-28(14-18)11-17(12-28)27(34)35/h1-5,10,15,17-18,33H,6-9,11-14H2,(H,31,32)(H,34,35). The van der Waals surface area contributed by atoms with Crippen LogP contribution < -0.4 is 5.32 Å². The summed E-state index contributed by atoms with van der Waals surface area (Å²) in [5.74, 6) is -2.10. The predicted molar refractivity (Wildman–Crippen MR) is 131 cm³/mol. The molecule has 0 atom stereocenters. The molecule has 3 aliphatic rings. The summed E-state index contributed by atoms with van der Waals surface area (Å²) in [6.07, 6.45) is 4.67. The number of ether oxygens (including phenoxy) is 1. The minimum Gasteiger partial charge on any atom is -0.507 e. The van der Waals surface area contributed by atoms with Gasteiger partial charge in [0.15, 0.2) is 11.6 Å². The van der Waals surface area contributed by atoms with Gasteiger partial charge in [0.1, 0.15) is 11.6 Å². The molecule has 36 heavy (non-hydrogen) atoms. The Hall–Kier alpha value is -3.26. The molecule has 2 saturated carbocycles. The van der Waals surface area contributed by atoms with Crippen LogP contribution in [0.3, 0.4) is 0 Å². The van der Waals surface area contributed by atoms with Crippen LogP contribution in [0.15, 0.2) is 36.4 Å². The van der Waals surface area contributed by atoms with E-state index < -0.39 is 17.6 Å². The first-order chi connectivity index (χ1) is 17.3. The van der Waals surface area contributed by atoms with Crippen molar-refractivity contribution in [2.75, 3.05) is 18.5 Å². The van der Waals surface area contributed by atoms with E-state index in [4.69, 9.17) is 9.72 Å².